The molecule has 3 rings (SSSR count). The Kier molecular flexibility index (Phi) is 5.61. The van der Waals surface area contributed by atoms with E-state index in [1.54, 1.807) is 31.3 Å². The second-order valence-corrected chi connectivity index (χ2v) is 5.94. The van der Waals surface area contributed by atoms with Crippen molar-refractivity contribution < 1.29 is 18.7 Å². The first-order valence-electron chi connectivity index (χ1n) is 8.39. The van der Waals surface area contributed by atoms with E-state index >= 15 is 0 Å². The smallest absolute Gasteiger partial charge is 0.264 e. The first-order chi connectivity index (χ1) is 13.0. The van der Waals surface area contributed by atoms with Crippen molar-refractivity contribution in [1.29, 1.82) is 0 Å². The van der Waals surface area contributed by atoms with Gasteiger partial charge in [0.2, 0.25) is 0 Å². The van der Waals surface area contributed by atoms with Gasteiger partial charge in [-0.15, -0.1) is 0 Å². The summed E-state index contributed by atoms with van der Waals surface area (Å²) in [4.78, 5) is 26.1. The molecule has 0 bridgehead atoms. The molecule has 0 unspecified atom stereocenters. The molecule has 0 aromatic heterocycles. The molecule has 0 aliphatic rings. The maximum Gasteiger partial charge on any atom is 0.264 e. The third-order valence-electron chi connectivity index (χ3n) is 4.10. The van der Waals surface area contributed by atoms with E-state index in [2.05, 4.69) is 0 Å². The van der Waals surface area contributed by atoms with Crippen LogP contribution in [-0.4, -0.2) is 25.3 Å². The largest absolute Gasteiger partial charge is 0.484 e. The first-order valence-corrected chi connectivity index (χ1v) is 8.39. The molecular formula is C22H18FNO3. The molecule has 0 fully saturated rings. The lowest BCUT2D eigenvalue weighted by molar-refractivity contribution is -0.120. The molecule has 5 heteroatoms. The average Bonchev–Trinajstić information content (AvgIpc) is 2.72. The van der Waals surface area contributed by atoms with Crippen LogP contribution in [-0.2, 0) is 4.79 Å². The van der Waals surface area contributed by atoms with Crippen LogP contribution in [0, 0.1) is 5.82 Å². The van der Waals surface area contributed by atoms with E-state index in [0.717, 1.165) is 5.69 Å². The van der Waals surface area contributed by atoms with Crippen molar-refractivity contribution in [2.45, 2.75) is 0 Å². The van der Waals surface area contributed by atoms with Gasteiger partial charge in [-0.2, -0.15) is 0 Å². The Labute approximate surface area is 156 Å². The molecule has 0 N–H and O–H groups in total. The zero-order chi connectivity index (χ0) is 19.2. The van der Waals surface area contributed by atoms with Crippen molar-refractivity contribution in [1.82, 2.24) is 0 Å². The van der Waals surface area contributed by atoms with Gasteiger partial charge in [-0.1, -0.05) is 18.2 Å². The molecule has 0 aliphatic heterocycles. The molecule has 0 saturated heterocycles. The van der Waals surface area contributed by atoms with Gasteiger partial charge in [0.05, 0.1) is 0 Å². The van der Waals surface area contributed by atoms with E-state index in [1.807, 2.05) is 30.3 Å². The number of carbonyl (C=O) groups is 2. The standard InChI is InChI=1S/C22H18FNO3/c1-24(19-5-3-2-4-6-19)21(25)15-27-20-13-9-17(10-14-20)22(26)16-7-11-18(23)12-8-16/h2-14H,15H2,1H3. The zero-order valence-electron chi connectivity index (χ0n) is 14.8. The van der Waals surface area contributed by atoms with Gasteiger partial charge >= 0.3 is 0 Å². The van der Waals surface area contributed by atoms with Gasteiger partial charge in [0.1, 0.15) is 11.6 Å². The summed E-state index contributed by atoms with van der Waals surface area (Å²) in [7, 11) is 1.69. The van der Waals surface area contributed by atoms with Crippen LogP contribution in [0.2, 0.25) is 0 Å². The number of para-hydroxylation sites is 1. The van der Waals surface area contributed by atoms with Gasteiger partial charge in [-0.3, -0.25) is 9.59 Å². The summed E-state index contributed by atoms with van der Waals surface area (Å²) >= 11 is 0. The molecule has 0 radical (unpaired) electrons. The Balaban J connectivity index is 1.60. The number of rotatable bonds is 6. The summed E-state index contributed by atoms with van der Waals surface area (Å²) in [5.74, 6) is -0.296. The van der Waals surface area contributed by atoms with Gasteiger partial charge in [0.15, 0.2) is 12.4 Å². The highest BCUT2D eigenvalue weighted by Crippen LogP contribution is 2.17. The molecule has 27 heavy (non-hydrogen) atoms. The number of nitrogens with zero attached hydrogens (tertiary/aromatic N) is 1. The number of hydrogen-bond donors (Lipinski definition) is 0. The fourth-order valence-corrected chi connectivity index (χ4v) is 2.51. The topological polar surface area (TPSA) is 46.6 Å². The summed E-state index contributed by atoms with van der Waals surface area (Å²) in [5.41, 5.74) is 1.65. The number of ketones is 1. The Morgan fingerprint density at radius 1 is 0.852 bits per heavy atom. The number of anilines is 1. The number of likely N-dealkylation sites (N-methyl/N-ethyl adjacent to an activating group) is 1. The van der Waals surface area contributed by atoms with Crippen molar-refractivity contribution in [2.24, 2.45) is 0 Å². The van der Waals surface area contributed by atoms with Crippen LogP contribution in [0.25, 0.3) is 0 Å². The predicted molar refractivity (Wildman–Crippen MR) is 102 cm³/mol. The van der Waals surface area contributed by atoms with Gasteiger partial charge < -0.3 is 9.64 Å². The van der Waals surface area contributed by atoms with Crippen molar-refractivity contribution in [3.05, 3.63) is 95.8 Å². The van der Waals surface area contributed by atoms with E-state index in [4.69, 9.17) is 4.74 Å². The third-order valence-corrected chi connectivity index (χ3v) is 4.10. The van der Waals surface area contributed by atoms with Gasteiger partial charge in [0.25, 0.3) is 5.91 Å². The monoisotopic (exact) mass is 363 g/mol. The third kappa shape index (κ3) is 4.58. The average molecular weight is 363 g/mol. The summed E-state index contributed by atoms with van der Waals surface area (Å²) in [6.07, 6.45) is 0. The Morgan fingerprint density at radius 3 is 2.00 bits per heavy atom. The molecule has 0 heterocycles. The molecule has 3 aromatic rings. The van der Waals surface area contributed by atoms with Crippen molar-refractivity contribution >= 4 is 17.4 Å². The summed E-state index contributed by atoms with van der Waals surface area (Å²) < 4.78 is 18.5. The predicted octanol–water partition coefficient (Wildman–Crippen LogP) is 4.10. The lowest BCUT2D eigenvalue weighted by Gasteiger charge is -2.17. The fraction of sp³-hybridized carbons (Fsp3) is 0.0909. The highest BCUT2D eigenvalue weighted by molar-refractivity contribution is 6.09. The van der Waals surface area contributed by atoms with Crippen LogP contribution in [0.5, 0.6) is 5.75 Å². The van der Waals surface area contributed by atoms with Gasteiger partial charge in [-0.05, 0) is 60.7 Å². The Hall–Kier alpha value is -3.47. The van der Waals surface area contributed by atoms with Crippen molar-refractivity contribution in [3.8, 4) is 5.75 Å². The Morgan fingerprint density at radius 2 is 1.41 bits per heavy atom. The number of ether oxygens (including phenoxy) is 1. The van der Waals surface area contributed by atoms with E-state index < -0.39 is 0 Å². The Bertz CT molecular complexity index is 922. The van der Waals surface area contributed by atoms with Crippen LogP contribution in [0.1, 0.15) is 15.9 Å². The van der Waals surface area contributed by atoms with E-state index in [1.165, 1.54) is 29.2 Å². The summed E-state index contributed by atoms with van der Waals surface area (Å²) in [5, 5.41) is 0. The van der Waals surface area contributed by atoms with Crippen LogP contribution >= 0.6 is 0 Å². The molecule has 0 aliphatic carbocycles. The molecular weight excluding hydrogens is 345 g/mol. The lowest BCUT2D eigenvalue weighted by Crippen LogP contribution is -2.31. The summed E-state index contributed by atoms with van der Waals surface area (Å²) in [6, 6.07) is 21.2. The molecule has 0 saturated carbocycles. The molecule has 1 amide bonds. The molecule has 3 aromatic carbocycles. The van der Waals surface area contributed by atoms with Crippen LogP contribution in [0.15, 0.2) is 78.9 Å². The van der Waals surface area contributed by atoms with Crippen molar-refractivity contribution in [3.63, 3.8) is 0 Å². The fourth-order valence-electron chi connectivity index (χ4n) is 2.51. The molecule has 4 nitrogen and oxygen atoms in total. The lowest BCUT2D eigenvalue weighted by atomic mass is 10.0. The van der Waals surface area contributed by atoms with E-state index in [9.17, 15) is 14.0 Å². The van der Waals surface area contributed by atoms with Crippen LogP contribution in [0.4, 0.5) is 10.1 Å². The number of carbonyl (C=O) groups excluding carboxylic acids is 2. The number of halogens is 1. The number of amides is 1. The minimum atomic E-state index is -0.388. The van der Waals surface area contributed by atoms with E-state index in [0.29, 0.717) is 16.9 Å². The van der Waals surface area contributed by atoms with Crippen LogP contribution in [0.3, 0.4) is 0 Å². The van der Waals surface area contributed by atoms with Gasteiger partial charge in [0, 0.05) is 23.9 Å². The maximum absolute atomic E-state index is 13.0. The van der Waals surface area contributed by atoms with Crippen molar-refractivity contribution in [2.75, 3.05) is 18.6 Å². The second kappa shape index (κ2) is 8.27. The zero-order valence-corrected chi connectivity index (χ0v) is 14.8. The summed E-state index contributed by atoms with van der Waals surface area (Å²) in [6.45, 7) is -0.114. The quantitative estimate of drug-likeness (QED) is 0.620. The SMILES string of the molecule is CN(C(=O)COc1ccc(C(=O)c2ccc(F)cc2)cc1)c1ccccc1. The normalized spacial score (nSPS) is 10.3. The number of hydrogen-bond acceptors (Lipinski definition) is 3. The van der Waals surface area contributed by atoms with E-state index in [-0.39, 0.29) is 24.1 Å². The van der Waals surface area contributed by atoms with Gasteiger partial charge in [-0.25, -0.2) is 4.39 Å². The minimum Gasteiger partial charge on any atom is -0.484 e. The maximum atomic E-state index is 13.0. The molecule has 136 valence electrons. The minimum absolute atomic E-state index is 0.114. The molecule has 0 atom stereocenters. The highest BCUT2D eigenvalue weighted by Gasteiger charge is 2.12. The highest BCUT2D eigenvalue weighted by atomic mass is 19.1. The van der Waals surface area contributed by atoms with Crippen LogP contribution < -0.4 is 9.64 Å². The second-order valence-electron chi connectivity index (χ2n) is 5.94. The first kappa shape index (κ1) is 18.3. The number of benzene rings is 3. The molecule has 0 spiro atoms.